The zero-order chi connectivity index (χ0) is 12.1. The highest BCUT2D eigenvalue weighted by Crippen LogP contribution is 2.04. The number of ether oxygens (including phenoxy) is 1. The Morgan fingerprint density at radius 1 is 1.62 bits per heavy atom. The Hall–Kier alpha value is -1.43. The molecular formula is C10H17N3O3. The summed E-state index contributed by atoms with van der Waals surface area (Å²) in [6, 6.07) is 0. The first-order chi connectivity index (χ1) is 7.54. The van der Waals surface area contributed by atoms with Crippen LogP contribution in [0.3, 0.4) is 0 Å². The molecule has 16 heavy (non-hydrogen) atoms. The van der Waals surface area contributed by atoms with Crippen molar-refractivity contribution in [2.75, 3.05) is 7.11 Å². The number of esters is 1. The fraction of sp³-hybridized carbons (Fsp3) is 0.700. The third-order valence-corrected chi connectivity index (χ3v) is 2.08. The minimum atomic E-state index is -1.18. The number of rotatable bonds is 5. The molecule has 1 atom stereocenters. The standard InChI is InChI=1S/C10H17N3O3/c1-7(2)5-13-9(11-6-12-13)4-8(14)10(15)16-3/h6-8,14H,4-5H2,1-3H3. The molecule has 0 saturated carbocycles. The first kappa shape index (κ1) is 12.6. The van der Waals surface area contributed by atoms with Gasteiger partial charge in [0.25, 0.3) is 0 Å². The lowest BCUT2D eigenvalue weighted by atomic mass is 10.2. The highest BCUT2D eigenvalue weighted by Gasteiger charge is 2.19. The molecule has 1 aromatic rings. The van der Waals surface area contributed by atoms with Crippen LogP contribution in [0.15, 0.2) is 6.33 Å². The van der Waals surface area contributed by atoms with Gasteiger partial charge in [-0.05, 0) is 5.92 Å². The van der Waals surface area contributed by atoms with Crippen molar-refractivity contribution in [3.05, 3.63) is 12.2 Å². The van der Waals surface area contributed by atoms with Gasteiger partial charge in [0.2, 0.25) is 0 Å². The van der Waals surface area contributed by atoms with Crippen LogP contribution in [0, 0.1) is 5.92 Å². The fourth-order valence-electron chi connectivity index (χ4n) is 1.34. The highest BCUT2D eigenvalue weighted by atomic mass is 16.5. The van der Waals surface area contributed by atoms with Gasteiger partial charge >= 0.3 is 5.97 Å². The maximum absolute atomic E-state index is 11.0. The normalized spacial score (nSPS) is 12.8. The molecule has 0 radical (unpaired) electrons. The third-order valence-electron chi connectivity index (χ3n) is 2.08. The maximum Gasteiger partial charge on any atom is 0.335 e. The summed E-state index contributed by atoms with van der Waals surface area (Å²) in [7, 11) is 1.24. The van der Waals surface area contributed by atoms with Crippen LogP contribution in [0.1, 0.15) is 19.7 Å². The second kappa shape index (κ2) is 5.60. The lowest BCUT2D eigenvalue weighted by Gasteiger charge is -2.10. The summed E-state index contributed by atoms with van der Waals surface area (Å²) in [6.07, 6.45) is 0.362. The molecule has 1 N–H and O–H groups in total. The van der Waals surface area contributed by atoms with E-state index in [-0.39, 0.29) is 6.42 Å². The zero-order valence-electron chi connectivity index (χ0n) is 9.75. The molecule has 1 rings (SSSR count). The lowest BCUT2D eigenvalue weighted by molar-refractivity contribution is -0.150. The molecule has 0 aliphatic rings. The van der Waals surface area contributed by atoms with Gasteiger partial charge in [-0.1, -0.05) is 13.8 Å². The first-order valence-electron chi connectivity index (χ1n) is 5.17. The molecule has 0 amide bonds. The van der Waals surface area contributed by atoms with Crippen molar-refractivity contribution >= 4 is 5.97 Å². The van der Waals surface area contributed by atoms with Crippen LogP contribution in [-0.2, 0) is 22.5 Å². The number of aliphatic hydroxyl groups is 1. The van der Waals surface area contributed by atoms with Crippen molar-refractivity contribution < 1.29 is 14.6 Å². The molecule has 0 aliphatic carbocycles. The van der Waals surface area contributed by atoms with Crippen molar-refractivity contribution in [1.29, 1.82) is 0 Å². The van der Waals surface area contributed by atoms with Gasteiger partial charge in [0.15, 0.2) is 6.10 Å². The molecule has 0 aromatic carbocycles. The third kappa shape index (κ3) is 3.30. The van der Waals surface area contributed by atoms with Gasteiger partial charge in [-0.25, -0.2) is 14.5 Å². The van der Waals surface area contributed by atoms with Crippen molar-refractivity contribution in [3.63, 3.8) is 0 Å². The summed E-state index contributed by atoms with van der Waals surface area (Å²) in [4.78, 5) is 15.1. The SMILES string of the molecule is COC(=O)C(O)Cc1ncnn1CC(C)C. The Balaban J connectivity index is 2.66. The zero-order valence-corrected chi connectivity index (χ0v) is 9.75. The number of aliphatic hydroxyl groups excluding tert-OH is 1. The van der Waals surface area contributed by atoms with E-state index in [1.807, 2.05) is 0 Å². The Labute approximate surface area is 94.2 Å². The average Bonchev–Trinajstić information content (AvgIpc) is 2.63. The number of hydrogen-bond donors (Lipinski definition) is 1. The topological polar surface area (TPSA) is 77.2 Å². The summed E-state index contributed by atoms with van der Waals surface area (Å²) in [5, 5.41) is 13.5. The van der Waals surface area contributed by atoms with Crippen molar-refractivity contribution in [3.8, 4) is 0 Å². The fourth-order valence-corrected chi connectivity index (χ4v) is 1.34. The summed E-state index contributed by atoms with van der Waals surface area (Å²) in [5.41, 5.74) is 0. The average molecular weight is 227 g/mol. The minimum Gasteiger partial charge on any atom is -0.467 e. The second-order valence-electron chi connectivity index (χ2n) is 4.00. The van der Waals surface area contributed by atoms with Crippen molar-refractivity contribution in [1.82, 2.24) is 14.8 Å². The van der Waals surface area contributed by atoms with Crippen LogP contribution in [0.5, 0.6) is 0 Å². The van der Waals surface area contributed by atoms with Crippen molar-refractivity contribution in [2.45, 2.75) is 32.9 Å². The molecular weight excluding hydrogens is 210 g/mol. The quantitative estimate of drug-likeness (QED) is 0.717. The molecule has 0 spiro atoms. The van der Waals surface area contributed by atoms with E-state index in [0.717, 1.165) is 0 Å². The number of hydrogen-bond acceptors (Lipinski definition) is 5. The number of nitrogens with zero attached hydrogens (tertiary/aromatic N) is 3. The number of carbonyl (C=O) groups excluding carboxylic acids is 1. The highest BCUT2D eigenvalue weighted by molar-refractivity contribution is 5.74. The van der Waals surface area contributed by atoms with Crippen LogP contribution in [0.2, 0.25) is 0 Å². The van der Waals surface area contributed by atoms with Crippen LogP contribution in [-0.4, -0.2) is 39.1 Å². The molecule has 0 bridgehead atoms. The summed E-state index contributed by atoms with van der Waals surface area (Å²) < 4.78 is 6.13. The van der Waals surface area contributed by atoms with E-state index in [1.54, 1.807) is 4.68 Å². The monoisotopic (exact) mass is 227 g/mol. The van der Waals surface area contributed by atoms with E-state index in [1.165, 1.54) is 13.4 Å². The first-order valence-corrected chi connectivity index (χ1v) is 5.17. The van der Waals surface area contributed by atoms with Gasteiger partial charge in [-0.3, -0.25) is 0 Å². The number of methoxy groups -OCH3 is 1. The van der Waals surface area contributed by atoms with E-state index in [9.17, 15) is 9.90 Å². The van der Waals surface area contributed by atoms with Gasteiger partial charge in [0, 0.05) is 13.0 Å². The molecule has 1 unspecified atom stereocenters. The van der Waals surface area contributed by atoms with Crippen LogP contribution >= 0.6 is 0 Å². The van der Waals surface area contributed by atoms with Gasteiger partial charge in [-0.15, -0.1) is 0 Å². The Morgan fingerprint density at radius 3 is 2.88 bits per heavy atom. The molecule has 90 valence electrons. The Kier molecular flexibility index (Phi) is 4.42. The van der Waals surface area contributed by atoms with Gasteiger partial charge < -0.3 is 9.84 Å². The van der Waals surface area contributed by atoms with Crippen molar-refractivity contribution in [2.24, 2.45) is 5.92 Å². The minimum absolute atomic E-state index is 0.124. The number of carbonyl (C=O) groups is 1. The van der Waals surface area contributed by atoms with E-state index >= 15 is 0 Å². The molecule has 0 saturated heterocycles. The van der Waals surface area contributed by atoms with E-state index in [0.29, 0.717) is 18.3 Å². The van der Waals surface area contributed by atoms with Gasteiger partial charge in [-0.2, -0.15) is 5.10 Å². The predicted octanol–water partition coefficient (Wildman–Crippen LogP) is 0.0105. The van der Waals surface area contributed by atoms with Gasteiger partial charge in [0.05, 0.1) is 7.11 Å². The van der Waals surface area contributed by atoms with E-state index in [2.05, 4.69) is 28.7 Å². The van der Waals surface area contributed by atoms with Gasteiger partial charge in [0.1, 0.15) is 12.2 Å². The lowest BCUT2D eigenvalue weighted by Crippen LogP contribution is -2.26. The van der Waals surface area contributed by atoms with E-state index in [4.69, 9.17) is 0 Å². The molecule has 6 nitrogen and oxygen atoms in total. The molecule has 1 heterocycles. The largest absolute Gasteiger partial charge is 0.467 e. The number of aromatic nitrogens is 3. The van der Waals surface area contributed by atoms with Crippen LogP contribution in [0.25, 0.3) is 0 Å². The summed E-state index contributed by atoms with van der Waals surface area (Å²) >= 11 is 0. The molecule has 0 aliphatic heterocycles. The van der Waals surface area contributed by atoms with E-state index < -0.39 is 12.1 Å². The molecule has 1 aromatic heterocycles. The Bertz CT molecular complexity index is 349. The smallest absolute Gasteiger partial charge is 0.335 e. The molecule has 6 heteroatoms. The summed E-state index contributed by atoms with van der Waals surface area (Å²) in [5.74, 6) is 0.362. The summed E-state index contributed by atoms with van der Waals surface area (Å²) in [6.45, 7) is 4.83. The van der Waals surface area contributed by atoms with Crippen LogP contribution in [0.4, 0.5) is 0 Å². The Morgan fingerprint density at radius 2 is 2.31 bits per heavy atom. The predicted molar refractivity (Wildman–Crippen MR) is 56.6 cm³/mol. The maximum atomic E-state index is 11.0. The second-order valence-corrected chi connectivity index (χ2v) is 4.00. The molecule has 0 fully saturated rings. The van der Waals surface area contributed by atoms with Crippen LogP contribution < -0.4 is 0 Å².